The highest BCUT2D eigenvalue weighted by molar-refractivity contribution is 5.72. The van der Waals surface area contributed by atoms with Crippen LogP contribution in [0.25, 0.3) is 0 Å². The zero-order valence-electron chi connectivity index (χ0n) is 14.2. The molecule has 4 heteroatoms. The van der Waals surface area contributed by atoms with Gasteiger partial charge in [-0.05, 0) is 32.1 Å². The van der Waals surface area contributed by atoms with Crippen molar-refractivity contribution < 1.29 is 19.1 Å². The van der Waals surface area contributed by atoms with Crippen molar-refractivity contribution in [2.75, 3.05) is 6.61 Å². The first-order chi connectivity index (χ1) is 9.95. The van der Waals surface area contributed by atoms with Gasteiger partial charge in [-0.2, -0.15) is 0 Å². The molecule has 0 aliphatic carbocycles. The van der Waals surface area contributed by atoms with E-state index in [1.54, 1.807) is 0 Å². The van der Waals surface area contributed by atoms with E-state index in [1.165, 1.54) is 19.3 Å². The summed E-state index contributed by atoms with van der Waals surface area (Å²) in [6.07, 6.45) is 6.70. The van der Waals surface area contributed by atoms with Crippen LogP contribution in [0.5, 0.6) is 0 Å². The predicted molar refractivity (Wildman–Crippen MR) is 84.0 cm³/mol. The number of ether oxygens (including phenoxy) is 2. The van der Waals surface area contributed by atoms with Gasteiger partial charge in [-0.1, -0.05) is 40.0 Å². The van der Waals surface area contributed by atoms with Crippen molar-refractivity contribution in [3.05, 3.63) is 0 Å². The van der Waals surface area contributed by atoms with Crippen molar-refractivity contribution in [2.24, 2.45) is 5.92 Å². The number of hydrogen-bond donors (Lipinski definition) is 0. The normalized spacial score (nSPS) is 12.2. The zero-order chi connectivity index (χ0) is 16.1. The lowest BCUT2D eigenvalue weighted by molar-refractivity contribution is -0.149. The van der Waals surface area contributed by atoms with Crippen molar-refractivity contribution in [3.63, 3.8) is 0 Å². The number of carbonyl (C=O) groups excluding carboxylic acids is 2. The van der Waals surface area contributed by atoms with Crippen LogP contribution in [0.1, 0.15) is 79.1 Å². The third kappa shape index (κ3) is 13.7. The fourth-order valence-corrected chi connectivity index (χ4v) is 1.91. The first kappa shape index (κ1) is 19.9. The van der Waals surface area contributed by atoms with Crippen LogP contribution in [-0.2, 0) is 19.1 Å². The van der Waals surface area contributed by atoms with Gasteiger partial charge >= 0.3 is 11.9 Å². The van der Waals surface area contributed by atoms with Crippen LogP contribution >= 0.6 is 0 Å². The van der Waals surface area contributed by atoms with E-state index in [-0.39, 0.29) is 30.9 Å². The molecule has 0 heterocycles. The third-order valence-electron chi connectivity index (χ3n) is 3.14. The Labute approximate surface area is 129 Å². The molecule has 0 N–H and O–H groups in total. The van der Waals surface area contributed by atoms with E-state index in [0.29, 0.717) is 18.9 Å². The Hall–Kier alpha value is -1.06. The van der Waals surface area contributed by atoms with Gasteiger partial charge in [-0.3, -0.25) is 9.59 Å². The van der Waals surface area contributed by atoms with Crippen molar-refractivity contribution in [1.29, 1.82) is 0 Å². The average Bonchev–Trinajstić information content (AvgIpc) is 2.41. The maximum Gasteiger partial charge on any atom is 0.306 e. The van der Waals surface area contributed by atoms with Gasteiger partial charge in [0.25, 0.3) is 0 Å². The summed E-state index contributed by atoms with van der Waals surface area (Å²) in [5, 5.41) is 0. The van der Waals surface area contributed by atoms with Crippen LogP contribution in [-0.4, -0.2) is 24.6 Å². The van der Waals surface area contributed by atoms with Crippen LogP contribution in [0.3, 0.4) is 0 Å². The van der Waals surface area contributed by atoms with Gasteiger partial charge in [0.2, 0.25) is 0 Å². The lowest BCUT2D eigenvalue weighted by Gasteiger charge is -2.13. The van der Waals surface area contributed by atoms with Crippen LogP contribution in [0.15, 0.2) is 0 Å². The van der Waals surface area contributed by atoms with Crippen LogP contribution in [0.2, 0.25) is 0 Å². The second-order valence-electron chi connectivity index (χ2n) is 6.08. The molecule has 0 rings (SSSR count). The summed E-state index contributed by atoms with van der Waals surface area (Å²) in [4.78, 5) is 23.0. The van der Waals surface area contributed by atoms with Crippen LogP contribution in [0, 0.1) is 5.92 Å². The van der Waals surface area contributed by atoms with Crippen LogP contribution in [0.4, 0.5) is 0 Å². The van der Waals surface area contributed by atoms with Gasteiger partial charge in [0, 0.05) is 12.8 Å². The number of carbonyl (C=O) groups is 2. The summed E-state index contributed by atoms with van der Waals surface area (Å²) in [5.74, 6) is -0.105. The van der Waals surface area contributed by atoms with Crippen molar-refractivity contribution in [3.8, 4) is 0 Å². The highest BCUT2D eigenvalue weighted by Crippen LogP contribution is 2.10. The largest absolute Gasteiger partial charge is 0.465 e. The van der Waals surface area contributed by atoms with Crippen LogP contribution < -0.4 is 0 Å². The molecular formula is C17H32O4. The third-order valence-corrected chi connectivity index (χ3v) is 3.14. The highest BCUT2D eigenvalue weighted by Gasteiger charge is 2.11. The van der Waals surface area contributed by atoms with Gasteiger partial charge < -0.3 is 9.47 Å². The maximum atomic E-state index is 11.6. The first-order valence-corrected chi connectivity index (χ1v) is 8.30. The SMILES string of the molecule is CCCCCCC(C)OC(=O)CCCC(=O)OCC(C)C. The second kappa shape index (κ2) is 12.7. The molecule has 1 atom stereocenters. The topological polar surface area (TPSA) is 52.6 Å². The quantitative estimate of drug-likeness (QED) is 0.399. The predicted octanol–water partition coefficient (Wildman–Crippen LogP) is 4.26. The molecule has 0 amide bonds. The molecule has 0 radical (unpaired) electrons. The van der Waals surface area contributed by atoms with Gasteiger partial charge in [-0.15, -0.1) is 0 Å². The summed E-state index contributed by atoms with van der Waals surface area (Å²) < 4.78 is 10.4. The lowest BCUT2D eigenvalue weighted by atomic mass is 10.1. The molecule has 0 spiro atoms. The number of esters is 2. The summed E-state index contributed by atoms with van der Waals surface area (Å²) >= 11 is 0. The summed E-state index contributed by atoms with van der Waals surface area (Å²) in [7, 11) is 0. The van der Waals surface area contributed by atoms with Gasteiger partial charge in [0.1, 0.15) is 0 Å². The molecular weight excluding hydrogens is 268 g/mol. The minimum atomic E-state index is -0.232. The Morgan fingerprint density at radius 2 is 1.57 bits per heavy atom. The van der Waals surface area contributed by atoms with Gasteiger partial charge in [0.15, 0.2) is 0 Å². The summed E-state index contributed by atoms with van der Waals surface area (Å²) in [6.45, 7) is 8.54. The van der Waals surface area contributed by atoms with E-state index in [0.717, 1.165) is 12.8 Å². The molecule has 0 aromatic rings. The number of rotatable bonds is 12. The van der Waals surface area contributed by atoms with Gasteiger partial charge in [-0.25, -0.2) is 0 Å². The number of unbranched alkanes of at least 4 members (excludes halogenated alkanes) is 3. The maximum absolute atomic E-state index is 11.6. The fourth-order valence-electron chi connectivity index (χ4n) is 1.91. The second-order valence-corrected chi connectivity index (χ2v) is 6.08. The molecule has 0 aliphatic heterocycles. The van der Waals surface area contributed by atoms with Crippen molar-refractivity contribution >= 4 is 11.9 Å². The molecule has 0 bridgehead atoms. The Balaban J connectivity index is 3.58. The van der Waals surface area contributed by atoms with E-state index >= 15 is 0 Å². The van der Waals surface area contributed by atoms with E-state index in [2.05, 4.69) is 6.92 Å². The minimum absolute atomic E-state index is 0.0257. The van der Waals surface area contributed by atoms with E-state index < -0.39 is 0 Å². The first-order valence-electron chi connectivity index (χ1n) is 8.30. The lowest BCUT2D eigenvalue weighted by Crippen LogP contribution is -2.15. The molecule has 21 heavy (non-hydrogen) atoms. The molecule has 0 aromatic carbocycles. The smallest absolute Gasteiger partial charge is 0.306 e. The number of hydrogen-bond acceptors (Lipinski definition) is 4. The van der Waals surface area contributed by atoms with Gasteiger partial charge in [0.05, 0.1) is 12.7 Å². The molecule has 0 aliphatic rings. The minimum Gasteiger partial charge on any atom is -0.465 e. The molecule has 4 nitrogen and oxygen atoms in total. The molecule has 0 fully saturated rings. The molecule has 0 saturated heterocycles. The monoisotopic (exact) mass is 300 g/mol. The Bertz CT molecular complexity index is 287. The van der Waals surface area contributed by atoms with Crippen molar-refractivity contribution in [1.82, 2.24) is 0 Å². The fraction of sp³-hybridized carbons (Fsp3) is 0.882. The summed E-state index contributed by atoms with van der Waals surface area (Å²) in [5.41, 5.74) is 0. The molecule has 124 valence electrons. The van der Waals surface area contributed by atoms with E-state index in [9.17, 15) is 9.59 Å². The van der Waals surface area contributed by atoms with E-state index in [1.807, 2.05) is 20.8 Å². The van der Waals surface area contributed by atoms with E-state index in [4.69, 9.17) is 9.47 Å². The Morgan fingerprint density at radius 3 is 2.19 bits per heavy atom. The standard InChI is InChI=1S/C17H32O4/c1-5-6-7-8-10-15(4)21-17(19)12-9-11-16(18)20-13-14(2)3/h14-15H,5-13H2,1-4H3. The zero-order valence-corrected chi connectivity index (χ0v) is 14.2. The Kier molecular flexibility index (Phi) is 12.0. The Morgan fingerprint density at radius 1 is 0.905 bits per heavy atom. The molecule has 1 unspecified atom stereocenters. The van der Waals surface area contributed by atoms with Crippen molar-refractivity contribution in [2.45, 2.75) is 85.2 Å². The highest BCUT2D eigenvalue weighted by atomic mass is 16.5. The average molecular weight is 300 g/mol. The molecule has 0 aromatic heterocycles. The summed E-state index contributed by atoms with van der Waals surface area (Å²) in [6, 6.07) is 0. The molecule has 0 saturated carbocycles.